The van der Waals surface area contributed by atoms with Gasteiger partial charge in [-0.15, -0.1) is 0 Å². The zero-order chi connectivity index (χ0) is 26.8. The van der Waals surface area contributed by atoms with Gasteiger partial charge in [-0.1, -0.05) is 36.4 Å². The number of fused-ring (bicyclic) bond motifs is 1. The maximum absolute atomic E-state index is 9.80. The van der Waals surface area contributed by atoms with Crippen LogP contribution < -0.4 is 9.64 Å². The number of aromatic nitrogens is 1. The third-order valence-corrected chi connectivity index (χ3v) is 4.78. The van der Waals surface area contributed by atoms with Crippen LogP contribution in [-0.4, -0.2) is 28.3 Å². The molecule has 0 spiro atoms. The van der Waals surface area contributed by atoms with Crippen LogP contribution >= 0.6 is 0 Å². The van der Waals surface area contributed by atoms with Crippen LogP contribution in [0.5, 0.6) is 11.5 Å². The van der Waals surface area contributed by atoms with Gasteiger partial charge in [-0.2, -0.15) is 4.98 Å². The number of para-hydroxylation sites is 2. The highest BCUT2D eigenvalue weighted by Gasteiger charge is 2.15. The Morgan fingerprint density at radius 1 is 0.833 bits per heavy atom. The molecule has 4 aromatic rings. The van der Waals surface area contributed by atoms with E-state index in [1.807, 2.05) is 65.6 Å². The molecule has 1 heterocycles. The maximum Gasteiger partial charge on any atom is 0.298 e. The highest BCUT2D eigenvalue weighted by molar-refractivity contribution is 5.74. The minimum Gasteiger partial charge on any atom is -0.508 e. The summed E-state index contributed by atoms with van der Waals surface area (Å²) in [6.07, 6.45) is 0.763. The van der Waals surface area contributed by atoms with Crippen molar-refractivity contribution in [1.82, 2.24) is 4.98 Å². The third-order valence-electron chi connectivity index (χ3n) is 4.78. The van der Waals surface area contributed by atoms with Crippen molar-refractivity contribution in [2.45, 2.75) is 19.6 Å². The van der Waals surface area contributed by atoms with Gasteiger partial charge in [0.05, 0.1) is 13.2 Å². The summed E-state index contributed by atoms with van der Waals surface area (Å²) in [7, 11) is 0. The zero-order valence-electron chi connectivity index (χ0n) is 18.8. The van der Waals surface area contributed by atoms with E-state index in [1.165, 1.54) is 0 Å². The van der Waals surface area contributed by atoms with Crippen molar-refractivity contribution >= 4 is 17.1 Å². The van der Waals surface area contributed by atoms with E-state index in [-0.39, 0.29) is 12.4 Å². The van der Waals surface area contributed by atoms with Crippen LogP contribution in [0.15, 0.2) is 77.2 Å². The molecule has 0 aliphatic rings. The molecule has 0 aliphatic heterocycles. The SMILES string of the molecule is FF.FF.FF.OCc1ccc(OCCCN(Cc2cccc(O)c2)c2nc3ccccc3o2)cc1. The summed E-state index contributed by atoms with van der Waals surface area (Å²) >= 11 is 0. The average molecular weight is 518 g/mol. The van der Waals surface area contributed by atoms with Gasteiger partial charge in [0, 0.05) is 40.5 Å². The number of benzene rings is 3. The van der Waals surface area contributed by atoms with E-state index in [1.54, 1.807) is 12.1 Å². The molecule has 0 saturated carbocycles. The minimum absolute atomic E-state index is 0.0226. The Morgan fingerprint density at radius 3 is 2.17 bits per heavy atom. The van der Waals surface area contributed by atoms with Crippen molar-refractivity contribution in [3.63, 3.8) is 0 Å². The normalized spacial score (nSPS) is 9.64. The summed E-state index contributed by atoms with van der Waals surface area (Å²) in [5.41, 5.74) is 3.38. The number of rotatable bonds is 9. The van der Waals surface area contributed by atoms with E-state index in [4.69, 9.17) is 41.7 Å². The van der Waals surface area contributed by atoms with E-state index >= 15 is 0 Å². The molecule has 6 nitrogen and oxygen atoms in total. The first-order valence-corrected chi connectivity index (χ1v) is 10.3. The number of hydrogen-bond donors (Lipinski definition) is 2. The predicted octanol–water partition coefficient (Wildman–Crippen LogP) is 7.02. The van der Waals surface area contributed by atoms with Crippen molar-refractivity contribution < 1.29 is 46.8 Å². The summed E-state index contributed by atoms with van der Waals surface area (Å²) in [4.78, 5) is 6.67. The fraction of sp³-hybridized carbons (Fsp3) is 0.208. The molecule has 0 amide bonds. The van der Waals surface area contributed by atoms with E-state index < -0.39 is 0 Å². The third kappa shape index (κ3) is 9.37. The van der Waals surface area contributed by atoms with Crippen molar-refractivity contribution in [3.05, 3.63) is 83.9 Å². The number of aromatic hydroxyl groups is 1. The number of phenols is 1. The summed E-state index contributed by atoms with van der Waals surface area (Å²) in [5.74, 6) is 1.01. The lowest BCUT2D eigenvalue weighted by molar-refractivity contribution is 0.108. The first kappa shape index (κ1) is 30.1. The van der Waals surface area contributed by atoms with E-state index in [0.717, 1.165) is 34.4 Å². The predicted molar refractivity (Wildman–Crippen MR) is 122 cm³/mol. The van der Waals surface area contributed by atoms with E-state index in [0.29, 0.717) is 25.7 Å². The lowest BCUT2D eigenvalue weighted by Gasteiger charge is -2.21. The maximum atomic E-state index is 9.80. The number of oxazole rings is 1. The Labute approximate surface area is 202 Å². The van der Waals surface area contributed by atoms with Crippen LogP contribution in [0, 0.1) is 0 Å². The lowest BCUT2D eigenvalue weighted by Crippen LogP contribution is -2.25. The highest BCUT2D eigenvalue weighted by Crippen LogP contribution is 2.24. The van der Waals surface area contributed by atoms with Crippen molar-refractivity contribution in [2.24, 2.45) is 0 Å². The Balaban J connectivity index is 0.00000101. The second-order valence-corrected chi connectivity index (χ2v) is 7.06. The smallest absolute Gasteiger partial charge is 0.298 e. The average Bonchev–Trinajstić information content (AvgIpc) is 3.38. The summed E-state index contributed by atoms with van der Waals surface area (Å²) in [6.45, 7) is 1.80. The van der Waals surface area contributed by atoms with Crippen LogP contribution in [0.3, 0.4) is 0 Å². The summed E-state index contributed by atoms with van der Waals surface area (Å²) in [6, 6.07) is 22.8. The first-order valence-electron chi connectivity index (χ1n) is 10.3. The fourth-order valence-corrected chi connectivity index (χ4v) is 3.25. The van der Waals surface area contributed by atoms with Gasteiger partial charge in [0.25, 0.3) is 6.01 Å². The zero-order valence-corrected chi connectivity index (χ0v) is 18.8. The molecule has 2 N–H and O–H groups in total. The van der Waals surface area contributed by atoms with E-state index in [9.17, 15) is 5.11 Å². The molecule has 4 rings (SSSR count). The van der Waals surface area contributed by atoms with Gasteiger partial charge in [0.15, 0.2) is 5.58 Å². The molecule has 0 aliphatic carbocycles. The van der Waals surface area contributed by atoms with Gasteiger partial charge in [0.1, 0.15) is 17.0 Å². The molecular weight excluding hydrogens is 494 g/mol. The standard InChI is InChI=1S/C24H24N2O4.3F2/c27-17-18-9-11-21(12-10-18)29-14-4-13-26(16-19-5-3-6-20(28)15-19)24-25-22-7-1-2-8-23(22)30-24;3*1-2/h1-3,5-12,15,27-28H,4,13-14,16-17H2;;;. The number of hydrogen-bond acceptors (Lipinski definition) is 6. The molecule has 0 atom stereocenters. The molecule has 1 aromatic heterocycles. The number of aliphatic hydroxyl groups excluding tert-OH is 1. The van der Waals surface area contributed by atoms with E-state index in [2.05, 4.69) is 4.98 Å². The molecule has 0 saturated heterocycles. The number of anilines is 1. The summed E-state index contributed by atoms with van der Waals surface area (Å²) < 4.78 is 59.8. The van der Waals surface area contributed by atoms with Crippen LogP contribution in [-0.2, 0) is 13.2 Å². The second kappa shape index (κ2) is 17.5. The number of aliphatic hydroxyl groups is 1. The van der Waals surface area contributed by atoms with Crippen LogP contribution in [0.4, 0.5) is 33.5 Å². The Bertz CT molecular complexity index is 1080. The highest BCUT2D eigenvalue weighted by atomic mass is 20.0. The van der Waals surface area contributed by atoms with Crippen LogP contribution in [0.25, 0.3) is 11.1 Å². The number of phenolic OH excluding ortho intramolecular Hbond substituents is 1. The van der Waals surface area contributed by atoms with Crippen LogP contribution in [0.1, 0.15) is 17.5 Å². The fourth-order valence-electron chi connectivity index (χ4n) is 3.25. The van der Waals surface area contributed by atoms with Crippen LogP contribution in [0.2, 0.25) is 0 Å². The Morgan fingerprint density at radius 2 is 1.53 bits per heavy atom. The molecule has 0 unspecified atom stereocenters. The first-order chi connectivity index (χ1) is 17.7. The largest absolute Gasteiger partial charge is 0.508 e. The molecule has 196 valence electrons. The number of nitrogens with zero attached hydrogens (tertiary/aromatic N) is 2. The molecule has 0 bridgehead atoms. The molecule has 0 radical (unpaired) electrons. The number of halogens is 6. The minimum atomic E-state index is 0.0226. The topological polar surface area (TPSA) is 79.0 Å². The van der Waals surface area contributed by atoms with Crippen molar-refractivity contribution in [2.75, 3.05) is 18.1 Å². The summed E-state index contributed by atoms with van der Waals surface area (Å²) in [5, 5.41) is 18.9. The molecule has 36 heavy (non-hydrogen) atoms. The van der Waals surface area contributed by atoms with Gasteiger partial charge >= 0.3 is 0 Å². The molecule has 3 aromatic carbocycles. The molecule has 12 heteroatoms. The van der Waals surface area contributed by atoms with Crippen molar-refractivity contribution in [3.8, 4) is 11.5 Å². The quantitative estimate of drug-likeness (QED) is 0.183. The molecule has 0 fully saturated rings. The van der Waals surface area contributed by atoms with Gasteiger partial charge in [0.2, 0.25) is 0 Å². The second-order valence-electron chi connectivity index (χ2n) is 7.06. The van der Waals surface area contributed by atoms with Gasteiger partial charge in [-0.25, -0.2) is 0 Å². The van der Waals surface area contributed by atoms with Gasteiger partial charge < -0.3 is 24.3 Å². The lowest BCUT2D eigenvalue weighted by atomic mass is 10.2. The van der Waals surface area contributed by atoms with Gasteiger partial charge in [-0.05, 0) is 53.9 Å². The Hall–Kier alpha value is -3.93. The number of ether oxygens (including phenoxy) is 1. The monoisotopic (exact) mass is 518 g/mol. The molecular formula is C24H24F6N2O4. The van der Waals surface area contributed by atoms with Gasteiger partial charge in [-0.3, -0.25) is 0 Å². The van der Waals surface area contributed by atoms with Crippen molar-refractivity contribution in [1.29, 1.82) is 0 Å². The Kier molecular flexibility index (Phi) is 14.6.